The number of anilines is 2. The zero-order chi connectivity index (χ0) is 16.4. The van der Waals surface area contributed by atoms with Gasteiger partial charge in [-0.15, -0.1) is 16.4 Å². The summed E-state index contributed by atoms with van der Waals surface area (Å²) >= 11 is 1.35. The largest absolute Gasteiger partial charge is 0.377 e. The standard InChI is InChI=1S/C15H16N6OS/c1-10-8-11(4-5-12(10)20(2)3)17-15(22)14-13(6-7-23-14)21-9-16-18-19-21/h4-9H,1-3H3,(H,17,22). The molecule has 2 aromatic heterocycles. The fourth-order valence-corrected chi connectivity index (χ4v) is 3.12. The van der Waals surface area contributed by atoms with E-state index in [-0.39, 0.29) is 5.91 Å². The van der Waals surface area contributed by atoms with Crippen molar-refractivity contribution in [2.75, 3.05) is 24.3 Å². The number of nitrogens with zero attached hydrogens (tertiary/aromatic N) is 5. The van der Waals surface area contributed by atoms with Gasteiger partial charge in [-0.25, -0.2) is 0 Å². The summed E-state index contributed by atoms with van der Waals surface area (Å²) in [5.41, 5.74) is 3.64. The van der Waals surface area contributed by atoms with Gasteiger partial charge >= 0.3 is 0 Å². The van der Waals surface area contributed by atoms with E-state index in [1.54, 1.807) is 0 Å². The lowest BCUT2D eigenvalue weighted by Crippen LogP contribution is -2.14. The Labute approximate surface area is 137 Å². The summed E-state index contributed by atoms with van der Waals surface area (Å²) in [4.78, 5) is 15.1. The molecule has 1 aromatic carbocycles. The van der Waals surface area contributed by atoms with Crippen LogP contribution < -0.4 is 10.2 Å². The molecule has 8 heteroatoms. The van der Waals surface area contributed by atoms with Crippen molar-refractivity contribution in [1.29, 1.82) is 0 Å². The molecule has 7 nitrogen and oxygen atoms in total. The van der Waals surface area contributed by atoms with Crippen molar-refractivity contribution in [2.24, 2.45) is 0 Å². The summed E-state index contributed by atoms with van der Waals surface area (Å²) in [7, 11) is 3.98. The molecule has 0 bridgehead atoms. The molecule has 2 heterocycles. The Morgan fingerprint density at radius 1 is 1.30 bits per heavy atom. The normalized spacial score (nSPS) is 10.6. The van der Waals surface area contributed by atoms with Crippen molar-refractivity contribution in [3.63, 3.8) is 0 Å². The fourth-order valence-electron chi connectivity index (χ4n) is 2.35. The molecular weight excluding hydrogens is 312 g/mol. The Hall–Kier alpha value is -2.74. The van der Waals surface area contributed by atoms with Gasteiger partial charge in [0.2, 0.25) is 0 Å². The van der Waals surface area contributed by atoms with Crippen molar-refractivity contribution in [3.05, 3.63) is 46.4 Å². The fraction of sp³-hybridized carbons (Fsp3) is 0.200. The van der Waals surface area contributed by atoms with E-state index in [4.69, 9.17) is 0 Å². The second-order valence-corrected chi connectivity index (χ2v) is 6.16. The third-order valence-corrected chi connectivity index (χ3v) is 4.29. The summed E-state index contributed by atoms with van der Waals surface area (Å²) in [6.07, 6.45) is 1.47. The zero-order valence-corrected chi connectivity index (χ0v) is 13.8. The van der Waals surface area contributed by atoms with Gasteiger partial charge < -0.3 is 10.2 Å². The molecule has 118 valence electrons. The van der Waals surface area contributed by atoms with Crippen LogP contribution in [0.15, 0.2) is 36.0 Å². The molecule has 1 amide bonds. The highest BCUT2D eigenvalue weighted by molar-refractivity contribution is 7.12. The van der Waals surface area contributed by atoms with Crippen LogP contribution in [0.5, 0.6) is 0 Å². The van der Waals surface area contributed by atoms with Crippen LogP contribution in [0.1, 0.15) is 15.2 Å². The van der Waals surface area contributed by atoms with Crippen molar-refractivity contribution in [2.45, 2.75) is 6.92 Å². The topological polar surface area (TPSA) is 75.9 Å². The molecule has 0 radical (unpaired) electrons. The van der Waals surface area contributed by atoms with Crippen LogP contribution in [0.2, 0.25) is 0 Å². The van der Waals surface area contributed by atoms with Crippen LogP contribution in [-0.2, 0) is 0 Å². The van der Waals surface area contributed by atoms with Gasteiger partial charge in [-0.2, -0.15) is 4.68 Å². The summed E-state index contributed by atoms with van der Waals surface area (Å²) in [5, 5.41) is 15.8. The smallest absolute Gasteiger partial charge is 0.267 e. The monoisotopic (exact) mass is 328 g/mol. The maximum Gasteiger partial charge on any atom is 0.267 e. The molecule has 0 saturated carbocycles. The van der Waals surface area contributed by atoms with Crippen LogP contribution >= 0.6 is 11.3 Å². The molecule has 0 atom stereocenters. The molecular formula is C15H16N6OS. The van der Waals surface area contributed by atoms with Gasteiger partial charge in [0.15, 0.2) is 0 Å². The van der Waals surface area contributed by atoms with Gasteiger partial charge in [-0.1, -0.05) is 0 Å². The SMILES string of the molecule is Cc1cc(NC(=O)c2sccc2-n2cnnn2)ccc1N(C)C. The number of hydrogen-bond acceptors (Lipinski definition) is 6. The van der Waals surface area contributed by atoms with Gasteiger partial charge in [0.1, 0.15) is 11.2 Å². The molecule has 3 rings (SSSR count). The highest BCUT2D eigenvalue weighted by atomic mass is 32.1. The molecule has 0 aliphatic heterocycles. The Bertz CT molecular complexity index is 824. The van der Waals surface area contributed by atoms with Crippen LogP contribution in [0.4, 0.5) is 11.4 Å². The Kier molecular flexibility index (Phi) is 4.07. The average Bonchev–Trinajstić information content (AvgIpc) is 3.18. The molecule has 0 spiro atoms. The van der Waals surface area contributed by atoms with Crippen molar-refractivity contribution in [3.8, 4) is 5.69 Å². The van der Waals surface area contributed by atoms with E-state index in [0.717, 1.165) is 16.9 Å². The van der Waals surface area contributed by atoms with E-state index in [0.29, 0.717) is 10.6 Å². The van der Waals surface area contributed by atoms with Crippen LogP contribution in [-0.4, -0.2) is 40.2 Å². The van der Waals surface area contributed by atoms with Gasteiger partial charge in [0, 0.05) is 25.5 Å². The highest BCUT2D eigenvalue weighted by Gasteiger charge is 2.16. The first-order chi connectivity index (χ1) is 11.1. The summed E-state index contributed by atoms with van der Waals surface area (Å²) in [6.45, 7) is 2.02. The van der Waals surface area contributed by atoms with E-state index >= 15 is 0 Å². The number of tetrazole rings is 1. The second-order valence-electron chi connectivity index (χ2n) is 5.24. The third-order valence-electron chi connectivity index (χ3n) is 3.38. The number of carbonyl (C=O) groups excluding carboxylic acids is 1. The molecule has 1 N–H and O–H groups in total. The van der Waals surface area contributed by atoms with Crippen LogP contribution in [0.3, 0.4) is 0 Å². The molecule has 0 fully saturated rings. The second kappa shape index (κ2) is 6.17. The van der Waals surface area contributed by atoms with Crippen LogP contribution in [0.25, 0.3) is 5.69 Å². The number of nitrogens with one attached hydrogen (secondary N) is 1. The van der Waals surface area contributed by atoms with E-state index in [1.165, 1.54) is 22.3 Å². The molecule has 23 heavy (non-hydrogen) atoms. The maximum atomic E-state index is 12.5. The first-order valence-corrected chi connectivity index (χ1v) is 7.84. The van der Waals surface area contributed by atoms with E-state index < -0.39 is 0 Å². The quantitative estimate of drug-likeness (QED) is 0.795. The Morgan fingerprint density at radius 2 is 2.13 bits per heavy atom. The number of hydrogen-bond donors (Lipinski definition) is 1. The lowest BCUT2D eigenvalue weighted by Gasteiger charge is -2.16. The van der Waals surface area contributed by atoms with Crippen molar-refractivity contribution < 1.29 is 4.79 Å². The minimum atomic E-state index is -0.178. The predicted molar refractivity (Wildman–Crippen MR) is 90.5 cm³/mol. The van der Waals surface area contributed by atoms with Crippen molar-refractivity contribution in [1.82, 2.24) is 20.2 Å². The lowest BCUT2D eigenvalue weighted by molar-refractivity contribution is 0.103. The van der Waals surface area contributed by atoms with Gasteiger partial charge in [0.25, 0.3) is 5.91 Å². The number of carbonyl (C=O) groups is 1. The van der Waals surface area contributed by atoms with E-state index in [9.17, 15) is 4.79 Å². The minimum Gasteiger partial charge on any atom is -0.377 e. The van der Waals surface area contributed by atoms with E-state index in [1.807, 2.05) is 55.6 Å². The molecule has 0 saturated heterocycles. The Morgan fingerprint density at radius 3 is 2.78 bits per heavy atom. The number of rotatable bonds is 4. The van der Waals surface area contributed by atoms with Gasteiger partial charge in [0.05, 0.1) is 5.69 Å². The summed E-state index contributed by atoms with van der Waals surface area (Å²) in [6, 6.07) is 7.65. The number of thiophene rings is 1. The predicted octanol–water partition coefficient (Wildman–Crippen LogP) is 2.35. The summed E-state index contributed by atoms with van der Waals surface area (Å²) < 4.78 is 1.48. The number of aromatic nitrogens is 4. The lowest BCUT2D eigenvalue weighted by atomic mass is 10.1. The zero-order valence-electron chi connectivity index (χ0n) is 13.0. The third kappa shape index (κ3) is 3.07. The average molecular weight is 328 g/mol. The van der Waals surface area contributed by atoms with Gasteiger partial charge in [-0.05, 0) is 52.6 Å². The van der Waals surface area contributed by atoms with Crippen LogP contribution in [0, 0.1) is 6.92 Å². The number of aryl methyl sites for hydroxylation is 1. The summed E-state index contributed by atoms with van der Waals surface area (Å²) in [5.74, 6) is -0.178. The Balaban J connectivity index is 1.83. The molecule has 0 aliphatic carbocycles. The molecule has 3 aromatic rings. The van der Waals surface area contributed by atoms with E-state index in [2.05, 4.69) is 20.8 Å². The highest BCUT2D eigenvalue weighted by Crippen LogP contribution is 2.24. The number of amides is 1. The number of benzene rings is 1. The van der Waals surface area contributed by atoms with Crippen molar-refractivity contribution >= 4 is 28.6 Å². The molecule has 0 aliphatic rings. The maximum absolute atomic E-state index is 12.5. The first kappa shape index (κ1) is 15.2. The van der Waals surface area contributed by atoms with Gasteiger partial charge in [-0.3, -0.25) is 4.79 Å². The minimum absolute atomic E-state index is 0.178. The molecule has 0 unspecified atom stereocenters. The first-order valence-electron chi connectivity index (χ1n) is 6.96.